The van der Waals surface area contributed by atoms with Crippen LogP contribution in [0.5, 0.6) is 0 Å². The Kier molecular flexibility index (Phi) is 4.32. The molecule has 0 spiro atoms. The van der Waals surface area contributed by atoms with E-state index in [4.69, 9.17) is 5.73 Å². The van der Waals surface area contributed by atoms with Gasteiger partial charge in [0.25, 0.3) is 0 Å². The normalized spacial score (nSPS) is 16.5. The van der Waals surface area contributed by atoms with E-state index in [-0.39, 0.29) is 5.82 Å². The zero-order valence-electron chi connectivity index (χ0n) is 13.3. The SMILES string of the molecule is CC(C)n1cc(C2=CCN(CCN)CC2)c2cc(F)ccc21. The summed E-state index contributed by atoms with van der Waals surface area (Å²) < 4.78 is 15.9. The second-order valence-electron chi connectivity index (χ2n) is 6.27. The Balaban J connectivity index is 2.02. The first kappa shape index (κ1) is 15.3. The Morgan fingerprint density at radius 3 is 2.77 bits per heavy atom. The minimum atomic E-state index is -0.170. The van der Waals surface area contributed by atoms with E-state index in [1.54, 1.807) is 12.1 Å². The molecule has 1 aliphatic rings. The molecule has 1 aromatic carbocycles. The van der Waals surface area contributed by atoms with E-state index in [1.165, 1.54) is 11.1 Å². The zero-order chi connectivity index (χ0) is 15.7. The minimum Gasteiger partial charge on any atom is -0.344 e. The monoisotopic (exact) mass is 301 g/mol. The number of fused-ring (bicyclic) bond motifs is 1. The third-order valence-corrected chi connectivity index (χ3v) is 4.44. The third-order valence-electron chi connectivity index (χ3n) is 4.44. The van der Waals surface area contributed by atoms with Crippen LogP contribution in [0.15, 0.2) is 30.5 Å². The summed E-state index contributed by atoms with van der Waals surface area (Å²) in [5.74, 6) is -0.170. The fourth-order valence-corrected chi connectivity index (χ4v) is 3.25. The van der Waals surface area contributed by atoms with Crippen molar-refractivity contribution in [2.75, 3.05) is 26.2 Å². The van der Waals surface area contributed by atoms with E-state index in [9.17, 15) is 4.39 Å². The summed E-state index contributed by atoms with van der Waals surface area (Å²) in [5, 5.41) is 1.02. The standard InChI is InChI=1S/C18H24FN3/c1-13(2)22-12-17(16-11-15(19)3-4-18(16)22)14-5-8-21(9-6-14)10-7-20/h3-5,11-13H,6-10,20H2,1-2H3. The first-order valence-corrected chi connectivity index (χ1v) is 8.02. The van der Waals surface area contributed by atoms with E-state index in [0.29, 0.717) is 12.6 Å². The molecule has 22 heavy (non-hydrogen) atoms. The highest BCUT2D eigenvalue weighted by Gasteiger charge is 2.18. The summed E-state index contributed by atoms with van der Waals surface area (Å²) in [6.45, 7) is 7.89. The predicted octanol–water partition coefficient (Wildman–Crippen LogP) is 3.41. The topological polar surface area (TPSA) is 34.2 Å². The van der Waals surface area contributed by atoms with Crippen molar-refractivity contribution in [1.29, 1.82) is 0 Å². The lowest BCUT2D eigenvalue weighted by molar-refractivity contribution is 0.310. The third kappa shape index (κ3) is 2.81. The molecular formula is C18H24FN3. The van der Waals surface area contributed by atoms with Gasteiger partial charge in [-0.05, 0) is 44.0 Å². The van der Waals surface area contributed by atoms with Gasteiger partial charge < -0.3 is 10.3 Å². The van der Waals surface area contributed by atoms with Gasteiger partial charge in [-0.2, -0.15) is 0 Å². The lowest BCUT2D eigenvalue weighted by Gasteiger charge is -2.25. The van der Waals surface area contributed by atoms with Gasteiger partial charge in [-0.1, -0.05) is 6.08 Å². The molecule has 2 heterocycles. The van der Waals surface area contributed by atoms with Crippen molar-refractivity contribution in [3.05, 3.63) is 41.9 Å². The lowest BCUT2D eigenvalue weighted by Crippen LogP contribution is -2.33. The molecule has 4 heteroatoms. The molecule has 0 radical (unpaired) electrons. The van der Waals surface area contributed by atoms with Crippen LogP contribution in [0, 0.1) is 5.82 Å². The molecule has 1 aliphatic heterocycles. The van der Waals surface area contributed by atoms with Crippen molar-refractivity contribution in [2.45, 2.75) is 26.3 Å². The van der Waals surface area contributed by atoms with E-state index < -0.39 is 0 Å². The van der Waals surface area contributed by atoms with Crippen LogP contribution < -0.4 is 5.73 Å². The summed E-state index contributed by atoms with van der Waals surface area (Å²) >= 11 is 0. The number of benzene rings is 1. The van der Waals surface area contributed by atoms with E-state index >= 15 is 0 Å². The van der Waals surface area contributed by atoms with Crippen LogP contribution in [0.4, 0.5) is 4.39 Å². The van der Waals surface area contributed by atoms with Gasteiger partial charge in [-0.15, -0.1) is 0 Å². The molecule has 0 bridgehead atoms. The molecule has 2 aromatic rings. The maximum absolute atomic E-state index is 13.7. The maximum Gasteiger partial charge on any atom is 0.123 e. The Hall–Kier alpha value is -1.65. The molecule has 0 aliphatic carbocycles. The second-order valence-corrected chi connectivity index (χ2v) is 6.27. The average molecular weight is 301 g/mol. The second kappa shape index (κ2) is 6.23. The number of aromatic nitrogens is 1. The van der Waals surface area contributed by atoms with Gasteiger partial charge in [0, 0.05) is 54.9 Å². The minimum absolute atomic E-state index is 0.170. The molecule has 0 amide bonds. The van der Waals surface area contributed by atoms with Crippen molar-refractivity contribution in [2.24, 2.45) is 5.73 Å². The van der Waals surface area contributed by atoms with E-state index in [2.05, 4.69) is 35.6 Å². The Morgan fingerprint density at radius 2 is 2.14 bits per heavy atom. The van der Waals surface area contributed by atoms with Gasteiger partial charge in [0.2, 0.25) is 0 Å². The predicted molar refractivity (Wildman–Crippen MR) is 90.4 cm³/mol. The van der Waals surface area contributed by atoms with Gasteiger partial charge in [0.15, 0.2) is 0 Å². The summed E-state index contributed by atoms with van der Waals surface area (Å²) in [7, 11) is 0. The molecule has 0 fully saturated rings. The van der Waals surface area contributed by atoms with Crippen molar-refractivity contribution in [1.82, 2.24) is 9.47 Å². The van der Waals surface area contributed by atoms with Gasteiger partial charge in [0.05, 0.1) is 0 Å². The molecule has 2 N–H and O–H groups in total. The molecule has 0 saturated carbocycles. The van der Waals surface area contributed by atoms with Crippen LogP contribution >= 0.6 is 0 Å². The summed E-state index contributed by atoms with van der Waals surface area (Å²) in [6, 6.07) is 5.46. The highest BCUT2D eigenvalue weighted by molar-refractivity contribution is 5.93. The lowest BCUT2D eigenvalue weighted by atomic mass is 9.99. The molecule has 0 saturated heterocycles. The van der Waals surface area contributed by atoms with Crippen LogP contribution in [-0.2, 0) is 0 Å². The highest BCUT2D eigenvalue weighted by Crippen LogP contribution is 2.33. The molecule has 3 rings (SSSR count). The number of halogens is 1. The number of rotatable bonds is 4. The quantitative estimate of drug-likeness (QED) is 0.939. The van der Waals surface area contributed by atoms with Crippen molar-refractivity contribution >= 4 is 16.5 Å². The number of nitrogens with zero attached hydrogens (tertiary/aromatic N) is 2. The fraction of sp³-hybridized carbons (Fsp3) is 0.444. The number of hydrogen-bond acceptors (Lipinski definition) is 2. The van der Waals surface area contributed by atoms with Crippen LogP contribution in [-0.4, -0.2) is 35.6 Å². The zero-order valence-corrected chi connectivity index (χ0v) is 13.3. The molecule has 0 unspecified atom stereocenters. The average Bonchev–Trinajstić information content (AvgIpc) is 2.87. The largest absolute Gasteiger partial charge is 0.344 e. The van der Waals surface area contributed by atoms with Gasteiger partial charge in [-0.3, -0.25) is 4.90 Å². The van der Waals surface area contributed by atoms with Crippen molar-refractivity contribution in [3.63, 3.8) is 0 Å². The molecule has 118 valence electrons. The maximum atomic E-state index is 13.7. The fourth-order valence-electron chi connectivity index (χ4n) is 3.25. The van der Waals surface area contributed by atoms with Crippen LogP contribution in [0.2, 0.25) is 0 Å². The summed E-state index contributed by atoms with van der Waals surface area (Å²) in [5.41, 5.74) is 9.23. The van der Waals surface area contributed by atoms with Crippen molar-refractivity contribution in [3.8, 4) is 0 Å². The van der Waals surface area contributed by atoms with Crippen LogP contribution in [0.1, 0.15) is 31.9 Å². The molecule has 1 aromatic heterocycles. The Morgan fingerprint density at radius 1 is 1.32 bits per heavy atom. The van der Waals surface area contributed by atoms with Gasteiger partial charge in [0.1, 0.15) is 5.82 Å². The van der Waals surface area contributed by atoms with E-state index in [0.717, 1.165) is 37.0 Å². The van der Waals surface area contributed by atoms with Crippen LogP contribution in [0.3, 0.4) is 0 Å². The smallest absolute Gasteiger partial charge is 0.123 e. The summed E-state index contributed by atoms with van der Waals surface area (Å²) in [6.07, 6.45) is 5.44. The summed E-state index contributed by atoms with van der Waals surface area (Å²) in [4.78, 5) is 2.35. The highest BCUT2D eigenvalue weighted by atomic mass is 19.1. The van der Waals surface area contributed by atoms with Gasteiger partial charge in [-0.25, -0.2) is 4.39 Å². The molecular weight excluding hydrogens is 277 g/mol. The number of nitrogens with two attached hydrogens (primary N) is 1. The molecule has 3 nitrogen and oxygen atoms in total. The Labute approximate surface area is 131 Å². The molecule has 0 atom stereocenters. The first-order valence-electron chi connectivity index (χ1n) is 8.02. The number of hydrogen-bond donors (Lipinski definition) is 1. The van der Waals surface area contributed by atoms with Gasteiger partial charge >= 0.3 is 0 Å². The van der Waals surface area contributed by atoms with Crippen molar-refractivity contribution < 1.29 is 4.39 Å². The first-order chi connectivity index (χ1) is 10.6. The Bertz CT molecular complexity index is 700. The van der Waals surface area contributed by atoms with Crippen LogP contribution in [0.25, 0.3) is 16.5 Å². The van der Waals surface area contributed by atoms with E-state index in [1.807, 2.05) is 6.07 Å².